The van der Waals surface area contributed by atoms with Crippen LogP contribution in [0.5, 0.6) is 0 Å². The summed E-state index contributed by atoms with van der Waals surface area (Å²) in [5.74, 6) is -1.39. The summed E-state index contributed by atoms with van der Waals surface area (Å²) < 4.78 is 13.6. The van der Waals surface area contributed by atoms with Crippen molar-refractivity contribution in [2.45, 2.75) is 17.6 Å². The van der Waals surface area contributed by atoms with Crippen molar-refractivity contribution >= 4 is 23.4 Å². The molecular weight excluding hydrogens is 277 g/mol. The van der Waals surface area contributed by atoms with E-state index in [1.807, 2.05) is 25.1 Å². The Hall–Kier alpha value is -2.01. The van der Waals surface area contributed by atoms with Gasteiger partial charge in [-0.05, 0) is 48.4 Å². The lowest BCUT2D eigenvalue weighted by atomic mass is 10.1. The fourth-order valence-corrected chi connectivity index (χ4v) is 2.77. The number of anilines is 1. The maximum atomic E-state index is 13.6. The molecule has 0 aliphatic rings. The number of thioether (sulfide) groups is 1. The number of rotatable bonds is 4. The molecule has 0 saturated carbocycles. The number of carboxylic acids is 1. The SMILES string of the molecule is Cc1cc(N)ccc1SCc1ccc(C(=O)O)c(F)c1. The van der Waals surface area contributed by atoms with Gasteiger partial charge in [0.25, 0.3) is 0 Å². The Morgan fingerprint density at radius 1 is 1.30 bits per heavy atom. The van der Waals surface area contributed by atoms with Gasteiger partial charge >= 0.3 is 5.97 Å². The van der Waals surface area contributed by atoms with Crippen molar-refractivity contribution < 1.29 is 14.3 Å². The summed E-state index contributed by atoms with van der Waals surface area (Å²) in [7, 11) is 0. The summed E-state index contributed by atoms with van der Waals surface area (Å²) in [6.45, 7) is 1.97. The van der Waals surface area contributed by atoms with Crippen LogP contribution in [0, 0.1) is 12.7 Å². The molecule has 5 heteroatoms. The highest BCUT2D eigenvalue weighted by Gasteiger charge is 2.10. The first-order chi connectivity index (χ1) is 9.47. The van der Waals surface area contributed by atoms with Gasteiger partial charge in [-0.25, -0.2) is 9.18 Å². The van der Waals surface area contributed by atoms with E-state index in [1.54, 1.807) is 17.8 Å². The van der Waals surface area contributed by atoms with E-state index in [0.29, 0.717) is 11.4 Å². The second-order valence-electron chi connectivity index (χ2n) is 4.43. The summed E-state index contributed by atoms with van der Waals surface area (Å²) in [5, 5.41) is 8.77. The van der Waals surface area contributed by atoms with Gasteiger partial charge in [0, 0.05) is 16.3 Å². The zero-order valence-electron chi connectivity index (χ0n) is 10.9. The van der Waals surface area contributed by atoms with E-state index in [1.165, 1.54) is 12.1 Å². The standard InChI is InChI=1S/C15H14FNO2S/c1-9-6-11(17)3-5-14(9)20-8-10-2-4-12(15(18)19)13(16)7-10/h2-7H,8,17H2,1H3,(H,18,19). The summed E-state index contributed by atoms with van der Waals surface area (Å²) in [5.41, 5.74) is 7.91. The summed E-state index contributed by atoms with van der Waals surface area (Å²) >= 11 is 1.56. The van der Waals surface area contributed by atoms with Crippen LogP contribution in [0.4, 0.5) is 10.1 Å². The van der Waals surface area contributed by atoms with Gasteiger partial charge in [0.1, 0.15) is 5.82 Å². The Kier molecular flexibility index (Phi) is 4.29. The van der Waals surface area contributed by atoms with Crippen LogP contribution >= 0.6 is 11.8 Å². The van der Waals surface area contributed by atoms with Crippen molar-refractivity contribution in [3.63, 3.8) is 0 Å². The normalized spacial score (nSPS) is 10.5. The van der Waals surface area contributed by atoms with Crippen LogP contribution in [0.15, 0.2) is 41.3 Å². The monoisotopic (exact) mass is 291 g/mol. The van der Waals surface area contributed by atoms with Gasteiger partial charge in [0.05, 0.1) is 5.56 Å². The van der Waals surface area contributed by atoms with E-state index < -0.39 is 11.8 Å². The molecule has 0 fully saturated rings. The average molecular weight is 291 g/mol. The van der Waals surface area contributed by atoms with E-state index >= 15 is 0 Å². The summed E-state index contributed by atoms with van der Waals surface area (Å²) in [6, 6.07) is 9.83. The van der Waals surface area contributed by atoms with Gasteiger partial charge < -0.3 is 10.8 Å². The van der Waals surface area contributed by atoms with Crippen LogP contribution in [-0.2, 0) is 5.75 Å². The quantitative estimate of drug-likeness (QED) is 0.666. The van der Waals surface area contributed by atoms with Crippen molar-refractivity contribution in [1.29, 1.82) is 0 Å². The Morgan fingerprint density at radius 3 is 2.65 bits per heavy atom. The predicted molar refractivity (Wildman–Crippen MR) is 78.5 cm³/mol. The van der Waals surface area contributed by atoms with Crippen molar-refractivity contribution in [1.82, 2.24) is 0 Å². The van der Waals surface area contributed by atoms with Crippen LogP contribution < -0.4 is 5.73 Å². The number of nitrogen functional groups attached to an aromatic ring is 1. The molecule has 104 valence electrons. The zero-order valence-corrected chi connectivity index (χ0v) is 11.7. The molecule has 0 unspecified atom stereocenters. The summed E-state index contributed by atoms with van der Waals surface area (Å²) in [4.78, 5) is 11.8. The maximum Gasteiger partial charge on any atom is 0.338 e. The van der Waals surface area contributed by atoms with Crippen LogP contribution in [0.1, 0.15) is 21.5 Å². The highest BCUT2D eigenvalue weighted by molar-refractivity contribution is 7.98. The van der Waals surface area contributed by atoms with Crippen LogP contribution in [0.2, 0.25) is 0 Å². The Balaban J connectivity index is 2.11. The number of aromatic carboxylic acids is 1. The van der Waals surface area contributed by atoms with Crippen molar-refractivity contribution in [3.05, 3.63) is 58.9 Å². The van der Waals surface area contributed by atoms with E-state index in [2.05, 4.69) is 0 Å². The van der Waals surface area contributed by atoms with Gasteiger partial charge in [-0.1, -0.05) is 6.07 Å². The highest BCUT2D eigenvalue weighted by Crippen LogP contribution is 2.27. The molecule has 3 nitrogen and oxygen atoms in total. The lowest BCUT2D eigenvalue weighted by Crippen LogP contribution is -2.00. The molecule has 0 saturated heterocycles. The van der Waals surface area contributed by atoms with E-state index in [0.717, 1.165) is 16.0 Å². The third-order valence-corrected chi connectivity index (χ3v) is 4.10. The molecule has 20 heavy (non-hydrogen) atoms. The minimum absolute atomic E-state index is 0.303. The molecule has 0 amide bonds. The van der Waals surface area contributed by atoms with E-state index in [9.17, 15) is 9.18 Å². The highest BCUT2D eigenvalue weighted by atomic mass is 32.2. The Labute approximate surface area is 120 Å². The van der Waals surface area contributed by atoms with E-state index in [-0.39, 0.29) is 5.56 Å². The van der Waals surface area contributed by atoms with Crippen molar-refractivity contribution in [3.8, 4) is 0 Å². The van der Waals surface area contributed by atoms with Gasteiger partial charge in [-0.2, -0.15) is 0 Å². The van der Waals surface area contributed by atoms with Crippen LogP contribution in [0.25, 0.3) is 0 Å². The summed E-state index contributed by atoms with van der Waals surface area (Å²) in [6.07, 6.45) is 0. The first kappa shape index (κ1) is 14.4. The number of halogens is 1. The second kappa shape index (κ2) is 5.96. The number of carbonyl (C=O) groups is 1. The molecule has 2 aromatic rings. The zero-order chi connectivity index (χ0) is 14.7. The predicted octanol–water partition coefficient (Wildman–Crippen LogP) is 3.71. The molecule has 2 aromatic carbocycles. The molecule has 0 atom stereocenters. The molecule has 0 bridgehead atoms. The molecule has 0 radical (unpaired) electrons. The average Bonchev–Trinajstić information content (AvgIpc) is 2.37. The van der Waals surface area contributed by atoms with Crippen LogP contribution in [-0.4, -0.2) is 11.1 Å². The molecule has 0 aliphatic carbocycles. The lowest BCUT2D eigenvalue weighted by molar-refractivity contribution is 0.0692. The number of hydrogen-bond donors (Lipinski definition) is 2. The van der Waals surface area contributed by atoms with Gasteiger partial charge in [-0.3, -0.25) is 0 Å². The number of aryl methyl sites for hydroxylation is 1. The second-order valence-corrected chi connectivity index (χ2v) is 5.45. The molecule has 0 heterocycles. The number of hydrogen-bond acceptors (Lipinski definition) is 3. The molecule has 0 spiro atoms. The fourth-order valence-electron chi connectivity index (χ4n) is 1.82. The topological polar surface area (TPSA) is 63.3 Å². The minimum Gasteiger partial charge on any atom is -0.478 e. The Morgan fingerprint density at radius 2 is 2.05 bits per heavy atom. The fraction of sp³-hybridized carbons (Fsp3) is 0.133. The maximum absolute atomic E-state index is 13.6. The Bertz CT molecular complexity index is 658. The number of nitrogens with two attached hydrogens (primary N) is 1. The van der Waals surface area contributed by atoms with Crippen molar-refractivity contribution in [2.24, 2.45) is 0 Å². The minimum atomic E-state index is -1.25. The number of benzene rings is 2. The first-order valence-corrected chi connectivity index (χ1v) is 6.96. The third-order valence-electron chi connectivity index (χ3n) is 2.86. The largest absolute Gasteiger partial charge is 0.478 e. The molecular formula is C15H14FNO2S. The van der Waals surface area contributed by atoms with Crippen molar-refractivity contribution in [2.75, 3.05) is 5.73 Å². The first-order valence-electron chi connectivity index (χ1n) is 5.98. The molecule has 3 N–H and O–H groups in total. The molecule has 0 aromatic heterocycles. The number of carboxylic acid groups (broad SMARTS) is 1. The van der Waals surface area contributed by atoms with Gasteiger partial charge in [0.15, 0.2) is 0 Å². The third kappa shape index (κ3) is 3.30. The van der Waals surface area contributed by atoms with Crippen LogP contribution in [0.3, 0.4) is 0 Å². The van der Waals surface area contributed by atoms with Gasteiger partial charge in [-0.15, -0.1) is 11.8 Å². The lowest BCUT2D eigenvalue weighted by Gasteiger charge is -2.07. The van der Waals surface area contributed by atoms with E-state index in [4.69, 9.17) is 10.8 Å². The molecule has 0 aliphatic heterocycles. The molecule has 2 rings (SSSR count). The van der Waals surface area contributed by atoms with Gasteiger partial charge in [0.2, 0.25) is 0 Å². The smallest absolute Gasteiger partial charge is 0.338 e.